The summed E-state index contributed by atoms with van der Waals surface area (Å²) in [5, 5.41) is 4.91. The first-order valence-corrected chi connectivity index (χ1v) is 10.3. The van der Waals surface area contributed by atoms with Crippen molar-refractivity contribution >= 4 is 39.0 Å². The zero-order valence-corrected chi connectivity index (χ0v) is 18.5. The second kappa shape index (κ2) is 9.67. The van der Waals surface area contributed by atoms with Gasteiger partial charge >= 0.3 is 5.97 Å². The zero-order chi connectivity index (χ0) is 21.7. The van der Waals surface area contributed by atoms with Crippen LogP contribution in [-0.2, 0) is 9.53 Å². The Labute approximate surface area is 182 Å². The highest BCUT2D eigenvalue weighted by Gasteiger charge is 2.16. The second-order valence-corrected chi connectivity index (χ2v) is 7.62. The Morgan fingerprint density at radius 1 is 1.30 bits per heavy atom. The zero-order valence-electron chi connectivity index (χ0n) is 17.0. The number of methoxy groups -OCH3 is 1. The van der Waals surface area contributed by atoms with E-state index in [0.29, 0.717) is 28.0 Å². The van der Waals surface area contributed by atoms with Gasteiger partial charge in [-0.15, -0.1) is 0 Å². The van der Waals surface area contributed by atoms with E-state index < -0.39 is 5.97 Å². The van der Waals surface area contributed by atoms with E-state index in [1.165, 1.54) is 18.0 Å². The third-order valence-electron chi connectivity index (χ3n) is 4.69. The van der Waals surface area contributed by atoms with E-state index in [2.05, 4.69) is 30.8 Å². The van der Waals surface area contributed by atoms with Crippen LogP contribution in [0.1, 0.15) is 37.6 Å². The highest BCUT2D eigenvalue weighted by molar-refractivity contribution is 9.10. The largest absolute Gasteiger partial charge is 0.481 e. The Morgan fingerprint density at radius 2 is 2.07 bits per heavy atom. The molecule has 0 aliphatic carbocycles. The number of rotatable bonds is 7. The van der Waals surface area contributed by atoms with Gasteiger partial charge in [0.05, 0.1) is 24.2 Å². The molecule has 1 heterocycles. The van der Waals surface area contributed by atoms with Crippen molar-refractivity contribution in [3.8, 4) is 5.75 Å². The van der Waals surface area contributed by atoms with Crippen molar-refractivity contribution in [2.75, 3.05) is 13.7 Å². The average Bonchev–Trinajstić information content (AvgIpc) is 2.77. The molecule has 0 unspecified atom stereocenters. The lowest BCUT2D eigenvalue weighted by Gasteiger charge is -2.14. The Morgan fingerprint density at radius 3 is 2.80 bits per heavy atom. The number of hydrogen-bond donors (Lipinski definition) is 0. The molecule has 0 saturated carbocycles. The molecule has 0 fully saturated rings. The summed E-state index contributed by atoms with van der Waals surface area (Å²) < 4.78 is 12.3. The molecule has 1 aromatic heterocycles. The van der Waals surface area contributed by atoms with Crippen LogP contribution in [0.25, 0.3) is 10.9 Å². The van der Waals surface area contributed by atoms with Gasteiger partial charge in [0.25, 0.3) is 5.56 Å². The molecule has 0 N–H and O–H groups in total. The fraction of sp³-hybridized carbons (Fsp3) is 0.273. The maximum absolute atomic E-state index is 13.2. The molecular formula is C22H22BrN3O4. The molecule has 0 saturated heterocycles. The van der Waals surface area contributed by atoms with E-state index in [4.69, 9.17) is 4.74 Å². The van der Waals surface area contributed by atoms with Crippen molar-refractivity contribution in [1.82, 2.24) is 9.66 Å². The van der Waals surface area contributed by atoms with Crippen LogP contribution in [0, 0.1) is 0 Å². The minimum atomic E-state index is -0.485. The molecular weight excluding hydrogens is 450 g/mol. The molecule has 0 amide bonds. The quantitative estimate of drug-likeness (QED) is 0.382. The molecule has 0 spiro atoms. The predicted octanol–water partition coefficient (Wildman–Crippen LogP) is 4.11. The molecule has 0 radical (unpaired) electrons. The van der Waals surface area contributed by atoms with Gasteiger partial charge in [-0.05, 0) is 36.8 Å². The number of ether oxygens (including phenoxy) is 2. The molecule has 30 heavy (non-hydrogen) atoms. The van der Waals surface area contributed by atoms with Crippen molar-refractivity contribution in [2.24, 2.45) is 5.10 Å². The summed E-state index contributed by atoms with van der Waals surface area (Å²) in [4.78, 5) is 29.3. The Bertz CT molecular complexity index is 1160. The van der Waals surface area contributed by atoms with Crippen LogP contribution in [-0.4, -0.2) is 35.6 Å². The highest BCUT2D eigenvalue weighted by atomic mass is 79.9. The number of carbonyl (C=O) groups is 1. The number of benzene rings is 2. The van der Waals surface area contributed by atoms with Crippen molar-refractivity contribution in [2.45, 2.75) is 26.2 Å². The van der Waals surface area contributed by atoms with Gasteiger partial charge in [0.1, 0.15) is 11.6 Å². The standard InChI is InChI=1S/C22H22BrN3O4/c1-4-14(2)21-25-18-10-9-16(23)11-17(18)22(28)26(21)24-12-15-7-5-6-8-19(15)30-13-20(27)29-3/h5-12,14H,4,13H2,1-3H3/t14-/m1/s1. The number of esters is 1. The molecule has 3 aromatic rings. The topological polar surface area (TPSA) is 82.8 Å². The molecule has 3 rings (SSSR count). The molecule has 156 valence electrons. The van der Waals surface area contributed by atoms with E-state index in [0.717, 1.165) is 10.9 Å². The first-order chi connectivity index (χ1) is 14.4. The second-order valence-electron chi connectivity index (χ2n) is 6.70. The summed E-state index contributed by atoms with van der Waals surface area (Å²) in [6.07, 6.45) is 2.34. The number of nitrogens with zero attached hydrogens (tertiary/aromatic N) is 3. The number of carbonyl (C=O) groups excluding carboxylic acids is 1. The predicted molar refractivity (Wildman–Crippen MR) is 119 cm³/mol. The first-order valence-electron chi connectivity index (χ1n) is 9.49. The van der Waals surface area contributed by atoms with Crippen molar-refractivity contribution in [3.05, 3.63) is 68.7 Å². The van der Waals surface area contributed by atoms with Crippen LogP contribution in [0.4, 0.5) is 0 Å². The molecule has 0 bridgehead atoms. The summed E-state index contributed by atoms with van der Waals surface area (Å²) in [5.41, 5.74) is 1.00. The molecule has 8 heteroatoms. The van der Waals surface area contributed by atoms with Crippen molar-refractivity contribution in [1.29, 1.82) is 0 Å². The van der Waals surface area contributed by atoms with Crippen LogP contribution in [0.5, 0.6) is 5.75 Å². The third-order valence-corrected chi connectivity index (χ3v) is 5.18. The van der Waals surface area contributed by atoms with Crippen LogP contribution < -0.4 is 10.3 Å². The Hall–Kier alpha value is -3.00. The summed E-state index contributed by atoms with van der Waals surface area (Å²) in [5.74, 6) is 0.595. The van der Waals surface area contributed by atoms with Gasteiger partial charge in [0.2, 0.25) is 0 Å². The van der Waals surface area contributed by atoms with Gasteiger partial charge in [0.15, 0.2) is 6.61 Å². The summed E-state index contributed by atoms with van der Waals surface area (Å²) in [6, 6.07) is 12.5. The smallest absolute Gasteiger partial charge is 0.343 e. The van der Waals surface area contributed by atoms with Crippen molar-refractivity contribution in [3.63, 3.8) is 0 Å². The molecule has 0 aliphatic rings. The Kier molecular flexibility index (Phi) is 6.99. The first kappa shape index (κ1) is 21.7. The lowest BCUT2D eigenvalue weighted by Crippen LogP contribution is -2.23. The summed E-state index contributed by atoms with van der Waals surface area (Å²) in [6.45, 7) is 3.82. The van der Waals surface area contributed by atoms with Gasteiger partial charge in [-0.3, -0.25) is 4.79 Å². The van der Waals surface area contributed by atoms with Crippen LogP contribution in [0.2, 0.25) is 0 Å². The normalized spacial score (nSPS) is 12.3. The van der Waals surface area contributed by atoms with Crippen LogP contribution >= 0.6 is 15.9 Å². The van der Waals surface area contributed by atoms with E-state index in [-0.39, 0.29) is 18.1 Å². The maximum atomic E-state index is 13.2. The number of aromatic nitrogens is 2. The molecule has 1 atom stereocenters. The number of halogens is 1. The minimum absolute atomic E-state index is 0.0358. The highest BCUT2D eigenvalue weighted by Crippen LogP contribution is 2.21. The number of fused-ring (bicyclic) bond motifs is 1. The third kappa shape index (κ3) is 4.76. The van der Waals surface area contributed by atoms with E-state index in [9.17, 15) is 9.59 Å². The van der Waals surface area contributed by atoms with Gasteiger partial charge in [-0.25, -0.2) is 9.78 Å². The number of para-hydroxylation sites is 1. The summed E-state index contributed by atoms with van der Waals surface area (Å²) >= 11 is 3.40. The number of hydrogen-bond acceptors (Lipinski definition) is 6. The maximum Gasteiger partial charge on any atom is 0.343 e. The monoisotopic (exact) mass is 471 g/mol. The fourth-order valence-electron chi connectivity index (χ4n) is 2.81. The van der Waals surface area contributed by atoms with Gasteiger partial charge in [0, 0.05) is 16.0 Å². The summed E-state index contributed by atoms with van der Waals surface area (Å²) in [7, 11) is 1.30. The van der Waals surface area contributed by atoms with E-state index >= 15 is 0 Å². The SMILES string of the molecule is CC[C@@H](C)c1nc2ccc(Br)cc2c(=O)n1N=Cc1ccccc1OCC(=O)OC. The van der Waals surface area contributed by atoms with Crippen molar-refractivity contribution < 1.29 is 14.3 Å². The molecule has 7 nitrogen and oxygen atoms in total. The molecule has 2 aromatic carbocycles. The minimum Gasteiger partial charge on any atom is -0.481 e. The average molecular weight is 472 g/mol. The lowest BCUT2D eigenvalue weighted by molar-refractivity contribution is -0.142. The van der Waals surface area contributed by atoms with Gasteiger partial charge in [-0.2, -0.15) is 9.78 Å². The molecule has 0 aliphatic heterocycles. The van der Waals surface area contributed by atoms with Crippen LogP contribution in [0.3, 0.4) is 0 Å². The fourth-order valence-corrected chi connectivity index (χ4v) is 3.17. The van der Waals surface area contributed by atoms with E-state index in [1.54, 1.807) is 24.3 Å². The van der Waals surface area contributed by atoms with E-state index in [1.807, 2.05) is 32.0 Å². The van der Waals surface area contributed by atoms with Gasteiger partial charge in [-0.1, -0.05) is 41.9 Å². The van der Waals surface area contributed by atoms with Crippen LogP contribution in [0.15, 0.2) is 56.8 Å². The lowest BCUT2D eigenvalue weighted by atomic mass is 10.1. The van der Waals surface area contributed by atoms with Gasteiger partial charge < -0.3 is 9.47 Å². The Balaban J connectivity index is 2.07.